The molecule has 7 heteroatoms. The number of para-hydroxylation sites is 1. The van der Waals surface area contributed by atoms with E-state index in [4.69, 9.17) is 9.47 Å². The second-order valence-electron chi connectivity index (χ2n) is 9.36. The van der Waals surface area contributed by atoms with Gasteiger partial charge in [0.25, 0.3) is 0 Å². The number of carbonyl (C=O) groups is 1. The number of anilines is 1. The van der Waals surface area contributed by atoms with Gasteiger partial charge in [-0.25, -0.2) is 0 Å². The van der Waals surface area contributed by atoms with Crippen LogP contribution in [0.4, 0.5) is 5.69 Å². The van der Waals surface area contributed by atoms with E-state index in [9.17, 15) is 9.59 Å². The number of aromatic nitrogens is 1. The van der Waals surface area contributed by atoms with E-state index in [-0.39, 0.29) is 11.3 Å². The standard InChI is InChI=1S/C29H33N3O4/c1-3-31(4-2)19-23(33)15-20-7-6-10-27-25(20)16-21-8-5-9-24(29(21)36-27)26-17-22(18-28(34)30-26)32-11-13-35-14-12-32/h5-10,17-18H,3-4,11-16,19H2,1-2H3,(H,30,34). The highest BCUT2D eigenvalue weighted by Crippen LogP contribution is 2.43. The normalized spacial score (nSPS) is 14.8. The predicted molar refractivity (Wildman–Crippen MR) is 141 cm³/mol. The largest absolute Gasteiger partial charge is 0.456 e. The number of Topliss-reactive ketones (excluding diaryl/α,β-unsaturated/α-hetero) is 1. The summed E-state index contributed by atoms with van der Waals surface area (Å²) in [5.41, 5.74) is 5.45. The second-order valence-corrected chi connectivity index (χ2v) is 9.36. The fourth-order valence-corrected chi connectivity index (χ4v) is 5.07. The molecule has 2 aromatic carbocycles. The van der Waals surface area contributed by atoms with E-state index in [1.165, 1.54) is 0 Å². The van der Waals surface area contributed by atoms with Crippen molar-refractivity contribution in [1.29, 1.82) is 0 Å². The SMILES string of the molecule is CCN(CC)CC(=O)Cc1cccc2c1Cc1cccc(-c3cc(N4CCOCC4)cc(=O)[nH]3)c1O2. The lowest BCUT2D eigenvalue weighted by molar-refractivity contribution is -0.119. The van der Waals surface area contributed by atoms with E-state index < -0.39 is 0 Å². The molecule has 1 aromatic heterocycles. The molecule has 1 saturated heterocycles. The number of hydrogen-bond acceptors (Lipinski definition) is 6. The van der Waals surface area contributed by atoms with Gasteiger partial charge in [-0.05, 0) is 36.9 Å². The predicted octanol–water partition coefficient (Wildman–Crippen LogP) is 4.03. The zero-order chi connectivity index (χ0) is 25.1. The van der Waals surface area contributed by atoms with Gasteiger partial charge in [-0.2, -0.15) is 0 Å². The quantitative estimate of drug-likeness (QED) is 0.405. The number of aromatic amines is 1. The fourth-order valence-electron chi connectivity index (χ4n) is 5.07. The highest BCUT2D eigenvalue weighted by atomic mass is 16.5. The van der Waals surface area contributed by atoms with Gasteiger partial charge in [0.2, 0.25) is 5.56 Å². The van der Waals surface area contributed by atoms with Crippen LogP contribution in [-0.4, -0.2) is 61.6 Å². The lowest BCUT2D eigenvalue weighted by atomic mass is 9.91. The number of rotatable bonds is 8. The van der Waals surface area contributed by atoms with Crippen molar-refractivity contribution < 1.29 is 14.3 Å². The number of benzene rings is 2. The molecule has 5 rings (SSSR count). The number of H-pyrrole nitrogens is 1. The topological polar surface area (TPSA) is 74.9 Å². The van der Waals surface area contributed by atoms with Gasteiger partial charge in [0.15, 0.2) is 5.78 Å². The molecule has 0 bridgehead atoms. The number of pyridine rings is 1. The Bertz CT molecular complexity index is 1310. The molecule has 3 aromatic rings. The van der Waals surface area contributed by atoms with Crippen molar-refractivity contribution in [2.75, 3.05) is 50.8 Å². The minimum Gasteiger partial charge on any atom is -0.456 e. The number of ether oxygens (including phenoxy) is 2. The van der Waals surface area contributed by atoms with Crippen molar-refractivity contribution >= 4 is 11.5 Å². The maximum atomic E-state index is 12.8. The number of nitrogens with one attached hydrogen (secondary N) is 1. The number of carbonyl (C=O) groups excluding carboxylic acids is 1. The van der Waals surface area contributed by atoms with Gasteiger partial charge in [0.1, 0.15) is 11.5 Å². The van der Waals surface area contributed by atoms with Gasteiger partial charge < -0.3 is 19.4 Å². The molecule has 0 radical (unpaired) electrons. The first-order chi connectivity index (χ1) is 17.6. The number of nitrogens with zero attached hydrogens (tertiary/aromatic N) is 2. The van der Waals surface area contributed by atoms with Gasteiger partial charge >= 0.3 is 0 Å². The Labute approximate surface area is 211 Å². The summed E-state index contributed by atoms with van der Waals surface area (Å²) in [5.74, 6) is 1.74. The maximum Gasteiger partial charge on any atom is 0.250 e. The summed E-state index contributed by atoms with van der Waals surface area (Å²) in [7, 11) is 0. The summed E-state index contributed by atoms with van der Waals surface area (Å²) in [6.07, 6.45) is 1.08. The summed E-state index contributed by atoms with van der Waals surface area (Å²) in [6, 6.07) is 15.6. The zero-order valence-corrected chi connectivity index (χ0v) is 21.0. The average molecular weight is 488 g/mol. The van der Waals surface area contributed by atoms with Crippen LogP contribution in [-0.2, 0) is 22.4 Å². The third kappa shape index (κ3) is 5.08. The Balaban J connectivity index is 1.44. The molecular weight excluding hydrogens is 454 g/mol. The zero-order valence-electron chi connectivity index (χ0n) is 21.0. The average Bonchev–Trinajstić information content (AvgIpc) is 2.90. The number of hydrogen-bond donors (Lipinski definition) is 1. The van der Waals surface area contributed by atoms with E-state index in [2.05, 4.69) is 34.7 Å². The van der Waals surface area contributed by atoms with Gasteiger partial charge in [-0.15, -0.1) is 0 Å². The van der Waals surface area contributed by atoms with Gasteiger partial charge in [0, 0.05) is 54.4 Å². The summed E-state index contributed by atoms with van der Waals surface area (Å²) >= 11 is 0. The number of likely N-dealkylation sites (N-methyl/N-ethyl adjacent to an activating group) is 1. The highest BCUT2D eigenvalue weighted by molar-refractivity contribution is 5.83. The summed E-state index contributed by atoms with van der Waals surface area (Å²) < 4.78 is 11.9. The van der Waals surface area contributed by atoms with Crippen molar-refractivity contribution in [3.05, 3.63) is 75.6 Å². The first-order valence-corrected chi connectivity index (χ1v) is 12.8. The molecule has 0 amide bonds. The van der Waals surface area contributed by atoms with Crippen molar-refractivity contribution in [1.82, 2.24) is 9.88 Å². The number of ketones is 1. The van der Waals surface area contributed by atoms with E-state index >= 15 is 0 Å². The molecule has 36 heavy (non-hydrogen) atoms. The van der Waals surface area contributed by atoms with Gasteiger partial charge in [0.05, 0.1) is 25.5 Å². The number of fused-ring (bicyclic) bond motifs is 2. The Morgan fingerprint density at radius 1 is 1.06 bits per heavy atom. The van der Waals surface area contributed by atoms with Gasteiger partial charge in [-0.1, -0.05) is 38.1 Å². The molecule has 0 spiro atoms. The number of morpholine rings is 1. The Morgan fingerprint density at radius 2 is 1.83 bits per heavy atom. The third-order valence-electron chi connectivity index (χ3n) is 7.08. The van der Waals surface area contributed by atoms with Crippen LogP contribution in [0.3, 0.4) is 0 Å². The van der Waals surface area contributed by atoms with Crippen LogP contribution in [0.15, 0.2) is 53.3 Å². The maximum absolute atomic E-state index is 12.8. The second kappa shape index (κ2) is 10.7. The molecule has 0 unspecified atom stereocenters. The lowest BCUT2D eigenvalue weighted by Gasteiger charge is -2.29. The van der Waals surface area contributed by atoms with Gasteiger partial charge in [-0.3, -0.25) is 14.5 Å². The molecule has 188 valence electrons. The molecule has 1 fully saturated rings. The highest BCUT2D eigenvalue weighted by Gasteiger charge is 2.24. The minimum atomic E-state index is -0.142. The van der Waals surface area contributed by atoms with Crippen LogP contribution in [0, 0.1) is 0 Å². The van der Waals surface area contributed by atoms with E-state index in [0.717, 1.165) is 71.3 Å². The lowest BCUT2D eigenvalue weighted by Crippen LogP contribution is -2.36. The van der Waals surface area contributed by atoms with Crippen molar-refractivity contribution in [3.63, 3.8) is 0 Å². The Morgan fingerprint density at radius 3 is 2.61 bits per heavy atom. The van der Waals surface area contributed by atoms with E-state index in [0.29, 0.717) is 32.6 Å². The molecule has 1 N–H and O–H groups in total. The van der Waals surface area contributed by atoms with Crippen LogP contribution >= 0.6 is 0 Å². The van der Waals surface area contributed by atoms with Crippen LogP contribution < -0.4 is 15.2 Å². The molecule has 2 aliphatic heterocycles. The summed E-state index contributed by atoms with van der Waals surface area (Å²) in [5, 5.41) is 0. The van der Waals surface area contributed by atoms with Crippen molar-refractivity contribution in [2.45, 2.75) is 26.7 Å². The van der Waals surface area contributed by atoms with Crippen LogP contribution in [0.5, 0.6) is 11.5 Å². The molecule has 0 atom stereocenters. The molecule has 3 heterocycles. The van der Waals surface area contributed by atoms with E-state index in [1.807, 2.05) is 36.4 Å². The third-order valence-corrected chi connectivity index (χ3v) is 7.08. The molecule has 0 saturated carbocycles. The van der Waals surface area contributed by atoms with Crippen LogP contribution in [0.25, 0.3) is 11.3 Å². The smallest absolute Gasteiger partial charge is 0.250 e. The first-order valence-electron chi connectivity index (χ1n) is 12.8. The molecule has 7 nitrogen and oxygen atoms in total. The Kier molecular flexibility index (Phi) is 7.20. The summed E-state index contributed by atoms with van der Waals surface area (Å²) in [4.78, 5) is 32.7. The van der Waals surface area contributed by atoms with E-state index in [1.54, 1.807) is 6.07 Å². The van der Waals surface area contributed by atoms with Crippen LogP contribution in [0.2, 0.25) is 0 Å². The Hall–Kier alpha value is -3.42. The fraction of sp³-hybridized carbons (Fsp3) is 0.379. The molecule has 2 aliphatic rings. The van der Waals surface area contributed by atoms with Crippen molar-refractivity contribution in [2.24, 2.45) is 0 Å². The minimum absolute atomic E-state index is 0.142. The molecular formula is C29H33N3O4. The van der Waals surface area contributed by atoms with Crippen LogP contribution in [0.1, 0.15) is 30.5 Å². The molecule has 0 aliphatic carbocycles. The van der Waals surface area contributed by atoms with Crippen molar-refractivity contribution in [3.8, 4) is 22.8 Å². The monoisotopic (exact) mass is 487 g/mol. The first kappa shape index (κ1) is 24.3. The summed E-state index contributed by atoms with van der Waals surface area (Å²) in [6.45, 7) is 9.17.